The van der Waals surface area contributed by atoms with E-state index in [0.717, 1.165) is 26.9 Å². The summed E-state index contributed by atoms with van der Waals surface area (Å²) in [6, 6.07) is 13.5. The van der Waals surface area contributed by atoms with Crippen molar-refractivity contribution in [2.24, 2.45) is 0 Å². The lowest BCUT2D eigenvalue weighted by Gasteiger charge is -2.10. The second-order valence-corrected chi connectivity index (χ2v) is 6.59. The first-order chi connectivity index (χ1) is 11.5. The van der Waals surface area contributed by atoms with E-state index in [-0.39, 0.29) is 5.91 Å². The van der Waals surface area contributed by atoms with E-state index in [1.165, 1.54) is 0 Å². The zero-order valence-corrected chi connectivity index (χ0v) is 15.3. The van der Waals surface area contributed by atoms with Crippen LogP contribution in [-0.4, -0.2) is 11.1 Å². The standard InChI is InChI=1S/C19H17BrN2O2/c1-11-6-4-9-16(12(11)2)21-19(23)17-13(3)24-22-18(17)14-7-5-8-15(20)10-14/h4-10H,1-3H3,(H,21,23). The number of nitrogens with zero attached hydrogens (tertiary/aromatic N) is 1. The molecular formula is C19H17BrN2O2. The Bertz CT molecular complexity index is 915. The van der Waals surface area contributed by atoms with Gasteiger partial charge >= 0.3 is 0 Å². The molecule has 1 N–H and O–H groups in total. The third-order valence-electron chi connectivity index (χ3n) is 4.04. The number of hydrogen-bond acceptors (Lipinski definition) is 3. The third kappa shape index (κ3) is 3.12. The Kier molecular flexibility index (Phi) is 4.53. The number of benzene rings is 2. The molecule has 24 heavy (non-hydrogen) atoms. The van der Waals surface area contributed by atoms with Gasteiger partial charge in [-0.15, -0.1) is 0 Å². The highest BCUT2D eigenvalue weighted by Crippen LogP contribution is 2.28. The number of halogens is 1. The Balaban J connectivity index is 1.99. The molecule has 1 amide bonds. The molecule has 1 aromatic heterocycles. The predicted octanol–water partition coefficient (Wildman–Crippen LogP) is 5.28. The summed E-state index contributed by atoms with van der Waals surface area (Å²) >= 11 is 3.44. The van der Waals surface area contributed by atoms with Gasteiger partial charge < -0.3 is 9.84 Å². The zero-order valence-electron chi connectivity index (χ0n) is 13.7. The first kappa shape index (κ1) is 16.5. The van der Waals surface area contributed by atoms with Crippen LogP contribution in [0.1, 0.15) is 27.2 Å². The van der Waals surface area contributed by atoms with Crippen molar-refractivity contribution in [3.63, 3.8) is 0 Å². The molecule has 4 nitrogen and oxygen atoms in total. The Hall–Kier alpha value is -2.40. The lowest BCUT2D eigenvalue weighted by atomic mass is 10.0. The molecule has 0 unspecified atom stereocenters. The van der Waals surface area contributed by atoms with Crippen molar-refractivity contribution in [2.45, 2.75) is 20.8 Å². The molecule has 2 aromatic carbocycles. The van der Waals surface area contributed by atoms with Crippen molar-refractivity contribution in [2.75, 3.05) is 5.32 Å². The van der Waals surface area contributed by atoms with Gasteiger partial charge in [0.2, 0.25) is 0 Å². The molecule has 3 aromatic rings. The van der Waals surface area contributed by atoms with Gasteiger partial charge in [0.1, 0.15) is 17.0 Å². The van der Waals surface area contributed by atoms with E-state index in [4.69, 9.17) is 4.52 Å². The monoisotopic (exact) mass is 384 g/mol. The van der Waals surface area contributed by atoms with Gasteiger partial charge in [-0.05, 0) is 50.1 Å². The highest BCUT2D eigenvalue weighted by Gasteiger charge is 2.22. The number of nitrogens with one attached hydrogen (secondary N) is 1. The van der Waals surface area contributed by atoms with Gasteiger partial charge in [-0.3, -0.25) is 4.79 Å². The normalized spacial score (nSPS) is 10.7. The molecule has 3 rings (SSSR count). The lowest BCUT2D eigenvalue weighted by Crippen LogP contribution is -2.14. The smallest absolute Gasteiger partial charge is 0.261 e. The zero-order chi connectivity index (χ0) is 17.3. The van der Waals surface area contributed by atoms with Crippen LogP contribution in [0.25, 0.3) is 11.3 Å². The van der Waals surface area contributed by atoms with Crippen molar-refractivity contribution in [1.29, 1.82) is 0 Å². The van der Waals surface area contributed by atoms with E-state index < -0.39 is 0 Å². The summed E-state index contributed by atoms with van der Waals surface area (Å²) in [4.78, 5) is 12.8. The van der Waals surface area contributed by atoms with Gasteiger partial charge in [0.15, 0.2) is 0 Å². The minimum atomic E-state index is -0.225. The molecule has 0 spiro atoms. The third-order valence-corrected chi connectivity index (χ3v) is 4.53. The summed E-state index contributed by atoms with van der Waals surface area (Å²) < 4.78 is 6.19. The number of anilines is 1. The predicted molar refractivity (Wildman–Crippen MR) is 98.2 cm³/mol. The number of aryl methyl sites for hydroxylation is 2. The number of carbonyl (C=O) groups excluding carboxylic acids is 1. The summed E-state index contributed by atoms with van der Waals surface area (Å²) in [5.74, 6) is 0.269. The van der Waals surface area contributed by atoms with Crippen molar-refractivity contribution in [3.8, 4) is 11.3 Å². The minimum absolute atomic E-state index is 0.225. The molecule has 0 aliphatic rings. The fourth-order valence-electron chi connectivity index (χ4n) is 2.54. The van der Waals surface area contributed by atoms with Crippen LogP contribution < -0.4 is 5.32 Å². The van der Waals surface area contributed by atoms with Crippen LogP contribution in [-0.2, 0) is 0 Å². The highest BCUT2D eigenvalue weighted by atomic mass is 79.9. The molecule has 0 saturated carbocycles. The number of aromatic nitrogens is 1. The molecule has 0 aliphatic heterocycles. The number of hydrogen-bond donors (Lipinski definition) is 1. The molecule has 0 aliphatic carbocycles. The lowest BCUT2D eigenvalue weighted by molar-refractivity contribution is 0.102. The van der Waals surface area contributed by atoms with Crippen LogP contribution >= 0.6 is 15.9 Å². The van der Waals surface area contributed by atoms with Gasteiger partial charge in [0, 0.05) is 15.7 Å². The van der Waals surface area contributed by atoms with Crippen LogP contribution in [0.3, 0.4) is 0 Å². The molecule has 0 saturated heterocycles. The number of amides is 1. The van der Waals surface area contributed by atoms with Crippen LogP contribution in [0.4, 0.5) is 5.69 Å². The summed E-state index contributed by atoms with van der Waals surface area (Å²) in [7, 11) is 0. The van der Waals surface area contributed by atoms with Crippen LogP contribution in [0.15, 0.2) is 51.5 Å². The molecule has 0 atom stereocenters. The van der Waals surface area contributed by atoms with E-state index in [1.54, 1.807) is 6.92 Å². The van der Waals surface area contributed by atoms with Crippen molar-refractivity contribution in [3.05, 3.63) is 69.4 Å². The molecule has 0 fully saturated rings. The Morgan fingerprint density at radius 1 is 1.12 bits per heavy atom. The van der Waals surface area contributed by atoms with Gasteiger partial charge in [-0.1, -0.05) is 45.4 Å². The minimum Gasteiger partial charge on any atom is -0.360 e. The van der Waals surface area contributed by atoms with E-state index >= 15 is 0 Å². The average molecular weight is 385 g/mol. The van der Waals surface area contributed by atoms with Gasteiger partial charge in [-0.25, -0.2) is 0 Å². The maximum atomic E-state index is 12.8. The molecule has 122 valence electrons. The maximum Gasteiger partial charge on any atom is 0.261 e. The fraction of sp³-hybridized carbons (Fsp3) is 0.158. The summed E-state index contributed by atoms with van der Waals surface area (Å²) in [6.45, 7) is 5.75. The Morgan fingerprint density at radius 3 is 2.62 bits per heavy atom. The van der Waals surface area contributed by atoms with Crippen molar-refractivity contribution < 1.29 is 9.32 Å². The molecule has 0 radical (unpaired) electrons. The SMILES string of the molecule is Cc1cccc(NC(=O)c2c(-c3cccc(Br)c3)noc2C)c1C. The summed E-state index contributed by atoms with van der Waals surface area (Å²) in [5, 5.41) is 7.04. The first-order valence-electron chi connectivity index (χ1n) is 7.57. The van der Waals surface area contributed by atoms with Crippen LogP contribution in [0.5, 0.6) is 0 Å². The van der Waals surface area contributed by atoms with E-state index in [1.807, 2.05) is 56.3 Å². The average Bonchev–Trinajstić information content (AvgIpc) is 2.93. The summed E-state index contributed by atoms with van der Waals surface area (Å²) in [6.07, 6.45) is 0. The van der Waals surface area contributed by atoms with E-state index in [0.29, 0.717) is 17.0 Å². The van der Waals surface area contributed by atoms with Crippen molar-refractivity contribution in [1.82, 2.24) is 5.16 Å². The topological polar surface area (TPSA) is 55.1 Å². The second-order valence-electron chi connectivity index (χ2n) is 5.67. The summed E-state index contributed by atoms with van der Waals surface area (Å²) in [5.41, 5.74) is 4.78. The van der Waals surface area contributed by atoms with Crippen molar-refractivity contribution >= 4 is 27.5 Å². The van der Waals surface area contributed by atoms with Crippen LogP contribution in [0, 0.1) is 20.8 Å². The Labute approximate surface area is 149 Å². The largest absolute Gasteiger partial charge is 0.360 e. The molecule has 0 bridgehead atoms. The van der Waals surface area contributed by atoms with Crippen LogP contribution in [0.2, 0.25) is 0 Å². The first-order valence-corrected chi connectivity index (χ1v) is 8.36. The maximum absolute atomic E-state index is 12.8. The number of carbonyl (C=O) groups is 1. The second kappa shape index (κ2) is 6.61. The highest BCUT2D eigenvalue weighted by molar-refractivity contribution is 9.10. The molecular weight excluding hydrogens is 368 g/mol. The van der Waals surface area contributed by atoms with Gasteiger partial charge in [-0.2, -0.15) is 0 Å². The van der Waals surface area contributed by atoms with Gasteiger partial charge in [0.05, 0.1) is 0 Å². The Morgan fingerprint density at radius 2 is 1.88 bits per heavy atom. The van der Waals surface area contributed by atoms with E-state index in [9.17, 15) is 4.79 Å². The fourth-order valence-corrected chi connectivity index (χ4v) is 2.94. The van der Waals surface area contributed by atoms with Gasteiger partial charge in [0.25, 0.3) is 5.91 Å². The molecule has 5 heteroatoms. The molecule has 1 heterocycles. The number of rotatable bonds is 3. The quantitative estimate of drug-likeness (QED) is 0.667. The van der Waals surface area contributed by atoms with E-state index in [2.05, 4.69) is 26.4 Å².